The second-order valence-electron chi connectivity index (χ2n) is 4.00. The van der Waals surface area contributed by atoms with E-state index in [-0.39, 0.29) is 5.30 Å². The Morgan fingerprint density at radius 2 is 2.24 bits per heavy atom. The number of ether oxygens (including phenoxy) is 1. The zero-order valence-electron chi connectivity index (χ0n) is 9.67. The van der Waals surface area contributed by atoms with Gasteiger partial charge in [0.05, 0.1) is 16.8 Å². The minimum atomic E-state index is -0.280. The minimum Gasteiger partial charge on any atom is -0.457 e. The van der Waals surface area contributed by atoms with Crippen LogP contribution in [0, 0.1) is 5.92 Å². The van der Waals surface area contributed by atoms with Gasteiger partial charge in [-0.15, -0.1) is 11.3 Å². The van der Waals surface area contributed by atoms with E-state index in [1.807, 2.05) is 38.1 Å². The first-order valence-electron chi connectivity index (χ1n) is 5.35. The molecule has 5 heteroatoms. The molecule has 3 nitrogen and oxygen atoms in total. The normalized spacial score (nSPS) is 11.0. The third-order valence-electron chi connectivity index (χ3n) is 1.98. The number of hydrogen-bond acceptors (Lipinski definition) is 5. The fourth-order valence-corrected chi connectivity index (χ4v) is 2.98. The van der Waals surface area contributed by atoms with Crippen LogP contribution >= 0.6 is 23.1 Å². The highest BCUT2D eigenvalue weighted by Crippen LogP contribution is 2.30. The molecule has 0 aliphatic heterocycles. The molecule has 0 radical (unpaired) electrons. The smallest absolute Gasteiger partial charge is 0.374 e. The van der Waals surface area contributed by atoms with Crippen LogP contribution < -0.4 is 0 Å². The van der Waals surface area contributed by atoms with Gasteiger partial charge in [0.25, 0.3) is 0 Å². The zero-order valence-corrected chi connectivity index (χ0v) is 11.3. The fourth-order valence-electron chi connectivity index (χ4n) is 1.23. The first-order valence-corrected chi connectivity index (χ1v) is 6.98. The maximum Gasteiger partial charge on any atom is 0.374 e. The summed E-state index contributed by atoms with van der Waals surface area (Å²) in [5.74, 6) is 0.356. The average Bonchev–Trinajstić information content (AvgIpc) is 2.68. The molecule has 0 saturated carbocycles. The van der Waals surface area contributed by atoms with Crippen molar-refractivity contribution >= 4 is 38.6 Å². The van der Waals surface area contributed by atoms with E-state index in [9.17, 15) is 4.79 Å². The van der Waals surface area contributed by atoms with Gasteiger partial charge >= 0.3 is 5.30 Å². The van der Waals surface area contributed by atoms with Crippen LogP contribution in [0.3, 0.4) is 0 Å². The lowest BCUT2D eigenvalue weighted by atomic mass is 10.2. The Bertz CT molecular complexity index is 489. The molecule has 0 spiro atoms. The van der Waals surface area contributed by atoms with Gasteiger partial charge < -0.3 is 4.74 Å². The van der Waals surface area contributed by atoms with E-state index in [2.05, 4.69) is 4.98 Å². The van der Waals surface area contributed by atoms with Crippen molar-refractivity contribution in [1.82, 2.24) is 4.98 Å². The first kappa shape index (κ1) is 12.4. The van der Waals surface area contributed by atoms with E-state index in [4.69, 9.17) is 4.74 Å². The van der Waals surface area contributed by atoms with Gasteiger partial charge in [-0.25, -0.2) is 9.78 Å². The third kappa shape index (κ3) is 3.44. The number of thiazole rings is 1. The summed E-state index contributed by atoms with van der Waals surface area (Å²) in [6.07, 6.45) is 0. The van der Waals surface area contributed by atoms with Crippen molar-refractivity contribution in [3.63, 3.8) is 0 Å². The average molecular weight is 267 g/mol. The van der Waals surface area contributed by atoms with Crippen molar-refractivity contribution in [3.05, 3.63) is 24.3 Å². The largest absolute Gasteiger partial charge is 0.457 e. The van der Waals surface area contributed by atoms with Gasteiger partial charge in [0.15, 0.2) is 4.34 Å². The molecule has 0 bridgehead atoms. The Labute approximate surface area is 108 Å². The molecular formula is C12H13NO2S2. The Balaban J connectivity index is 2.01. The number of aromatic nitrogens is 1. The summed E-state index contributed by atoms with van der Waals surface area (Å²) in [5, 5.41) is -0.280. The molecular weight excluding hydrogens is 254 g/mol. The van der Waals surface area contributed by atoms with Crippen molar-refractivity contribution in [2.75, 3.05) is 6.61 Å². The van der Waals surface area contributed by atoms with Crippen LogP contribution in [-0.4, -0.2) is 16.9 Å². The predicted octanol–water partition coefficient (Wildman–Crippen LogP) is 4.18. The van der Waals surface area contributed by atoms with E-state index in [1.54, 1.807) is 0 Å². The molecule has 1 heterocycles. The van der Waals surface area contributed by atoms with Gasteiger partial charge in [0.1, 0.15) is 0 Å². The maximum absolute atomic E-state index is 11.5. The van der Waals surface area contributed by atoms with E-state index >= 15 is 0 Å². The van der Waals surface area contributed by atoms with Crippen LogP contribution in [0.5, 0.6) is 0 Å². The molecule has 0 N–H and O–H groups in total. The van der Waals surface area contributed by atoms with E-state index < -0.39 is 0 Å². The molecule has 2 aromatic rings. The van der Waals surface area contributed by atoms with E-state index in [0.717, 1.165) is 26.3 Å². The summed E-state index contributed by atoms with van der Waals surface area (Å²) in [6, 6.07) is 7.84. The van der Waals surface area contributed by atoms with Crippen LogP contribution in [0.15, 0.2) is 28.6 Å². The molecule has 0 fully saturated rings. The van der Waals surface area contributed by atoms with E-state index in [0.29, 0.717) is 12.5 Å². The zero-order chi connectivity index (χ0) is 12.3. The molecule has 1 aromatic heterocycles. The Hall–Kier alpha value is -1.07. The molecule has 2 rings (SSSR count). The van der Waals surface area contributed by atoms with Crippen molar-refractivity contribution in [3.8, 4) is 0 Å². The molecule has 0 atom stereocenters. The van der Waals surface area contributed by atoms with Crippen LogP contribution in [0.25, 0.3) is 10.2 Å². The van der Waals surface area contributed by atoms with Crippen molar-refractivity contribution in [2.45, 2.75) is 18.2 Å². The second kappa shape index (κ2) is 5.51. The van der Waals surface area contributed by atoms with E-state index in [1.165, 1.54) is 11.3 Å². The van der Waals surface area contributed by atoms with Gasteiger partial charge in [0.2, 0.25) is 0 Å². The summed E-state index contributed by atoms with van der Waals surface area (Å²) >= 11 is 2.57. The number of fused-ring (bicyclic) bond motifs is 1. The molecule has 0 amide bonds. The fraction of sp³-hybridized carbons (Fsp3) is 0.333. The van der Waals surface area contributed by atoms with Crippen LogP contribution in [0.4, 0.5) is 4.79 Å². The molecule has 0 aliphatic carbocycles. The maximum atomic E-state index is 11.5. The number of carbonyl (C=O) groups excluding carboxylic acids is 1. The number of nitrogens with zero attached hydrogens (tertiary/aromatic N) is 1. The SMILES string of the molecule is CC(C)COC(=O)Sc1nc2ccccc2s1. The summed E-state index contributed by atoms with van der Waals surface area (Å²) in [4.78, 5) is 15.9. The molecule has 90 valence electrons. The first-order chi connectivity index (χ1) is 8.15. The van der Waals surface area contributed by atoms with Gasteiger partial charge in [-0.05, 0) is 18.1 Å². The van der Waals surface area contributed by atoms with Crippen molar-refractivity contribution in [1.29, 1.82) is 0 Å². The van der Waals surface area contributed by atoms with Gasteiger partial charge in [0, 0.05) is 11.8 Å². The second-order valence-corrected chi connectivity index (χ2v) is 6.22. The third-order valence-corrected chi connectivity index (χ3v) is 3.86. The molecule has 1 aromatic carbocycles. The highest BCUT2D eigenvalue weighted by atomic mass is 32.2. The highest BCUT2D eigenvalue weighted by Gasteiger charge is 2.11. The van der Waals surface area contributed by atoms with Gasteiger partial charge in [-0.2, -0.15) is 0 Å². The van der Waals surface area contributed by atoms with Gasteiger partial charge in [-0.1, -0.05) is 26.0 Å². The standard InChI is InChI=1S/C12H13NO2S2/c1-8(2)7-15-12(14)17-11-13-9-5-3-4-6-10(9)16-11/h3-6,8H,7H2,1-2H3. The number of rotatable bonds is 3. The van der Waals surface area contributed by atoms with Gasteiger partial charge in [-0.3, -0.25) is 0 Å². The van der Waals surface area contributed by atoms with Crippen LogP contribution in [-0.2, 0) is 4.74 Å². The number of hydrogen-bond donors (Lipinski definition) is 0. The highest BCUT2D eigenvalue weighted by molar-refractivity contribution is 8.14. The Kier molecular flexibility index (Phi) is 4.02. The Morgan fingerprint density at radius 1 is 1.47 bits per heavy atom. The van der Waals surface area contributed by atoms with Crippen LogP contribution in [0.2, 0.25) is 0 Å². The lowest BCUT2D eigenvalue weighted by Crippen LogP contribution is -2.04. The number of para-hydroxylation sites is 1. The molecule has 0 aliphatic rings. The summed E-state index contributed by atoms with van der Waals surface area (Å²) in [5.41, 5.74) is 0.927. The molecule has 17 heavy (non-hydrogen) atoms. The quantitative estimate of drug-likeness (QED) is 0.617. The minimum absolute atomic E-state index is 0.280. The lowest BCUT2D eigenvalue weighted by Gasteiger charge is -2.04. The van der Waals surface area contributed by atoms with Crippen molar-refractivity contribution in [2.24, 2.45) is 5.92 Å². The summed E-state index contributed by atoms with van der Waals surface area (Å²) in [7, 11) is 0. The summed E-state index contributed by atoms with van der Waals surface area (Å²) in [6.45, 7) is 4.47. The number of thioether (sulfide) groups is 1. The molecule has 0 saturated heterocycles. The predicted molar refractivity (Wildman–Crippen MR) is 71.7 cm³/mol. The molecule has 0 unspecified atom stereocenters. The van der Waals surface area contributed by atoms with Crippen LogP contribution in [0.1, 0.15) is 13.8 Å². The van der Waals surface area contributed by atoms with Crippen molar-refractivity contribution < 1.29 is 9.53 Å². The Morgan fingerprint density at radius 3 is 2.94 bits per heavy atom. The monoisotopic (exact) mass is 267 g/mol. The topological polar surface area (TPSA) is 39.2 Å². The lowest BCUT2D eigenvalue weighted by molar-refractivity contribution is 0.160. The number of benzene rings is 1. The number of carbonyl (C=O) groups is 1. The summed E-state index contributed by atoms with van der Waals surface area (Å²) < 4.78 is 6.92.